The first-order valence-electron chi connectivity index (χ1n) is 6.06. The Hall–Kier alpha value is -2.04. The lowest BCUT2D eigenvalue weighted by Crippen LogP contribution is -2.13. The summed E-state index contributed by atoms with van der Waals surface area (Å²) in [6.45, 7) is 0.955. The van der Waals surface area contributed by atoms with Crippen LogP contribution in [0.4, 0.5) is 0 Å². The molecule has 2 aromatic carbocycles. The van der Waals surface area contributed by atoms with Crippen molar-refractivity contribution >= 4 is 17.6 Å². The standard InChI is InChI=1S/C15H14ClNO3/c16-13-4-5-14(18)12(7-13)9-17-8-10-2-1-3-11(6-10)15(19)20/h1-7,17-18H,8-9H2,(H,19,20). The molecule has 0 aliphatic heterocycles. The van der Waals surface area contributed by atoms with E-state index < -0.39 is 5.97 Å². The van der Waals surface area contributed by atoms with E-state index in [1.54, 1.807) is 36.4 Å². The number of rotatable bonds is 5. The number of hydrogen-bond acceptors (Lipinski definition) is 3. The summed E-state index contributed by atoms with van der Waals surface area (Å²) in [5.74, 6) is -0.763. The van der Waals surface area contributed by atoms with E-state index in [1.165, 1.54) is 0 Å². The second kappa shape index (κ2) is 6.41. The van der Waals surface area contributed by atoms with Gasteiger partial charge in [-0.3, -0.25) is 0 Å². The van der Waals surface area contributed by atoms with Gasteiger partial charge in [-0.2, -0.15) is 0 Å². The monoisotopic (exact) mass is 291 g/mol. The van der Waals surface area contributed by atoms with Crippen LogP contribution in [0.3, 0.4) is 0 Å². The van der Waals surface area contributed by atoms with Crippen LogP contribution < -0.4 is 5.32 Å². The Morgan fingerprint density at radius 2 is 1.95 bits per heavy atom. The fourth-order valence-electron chi connectivity index (χ4n) is 1.85. The topological polar surface area (TPSA) is 69.6 Å². The average molecular weight is 292 g/mol. The van der Waals surface area contributed by atoms with Crippen LogP contribution in [0.15, 0.2) is 42.5 Å². The van der Waals surface area contributed by atoms with E-state index >= 15 is 0 Å². The van der Waals surface area contributed by atoms with Gasteiger partial charge in [-0.15, -0.1) is 0 Å². The van der Waals surface area contributed by atoms with Crippen LogP contribution in [-0.2, 0) is 13.1 Å². The molecule has 4 nitrogen and oxygen atoms in total. The molecule has 0 aliphatic rings. The molecular weight excluding hydrogens is 278 g/mol. The molecule has 0 unspecified atom stereocenters. The lowest BCUT2D eigenvalue weighted by molar-refractivity contribution is 0.0696. The highest BCUT2D eigenvalue weighted by Crippen LogP contribution is 2.21. The highest BCUT2D eigenvalue weighted by molar-refractivity contribution is 6.30. The first-order valence-corrected chi connectivity index (χ1v) is 6.44. The van der Waals surface area contributed by atoms with Crippen LogP contribution >= 0.6 is 11.6 Å². The first-order chi connectivity index (χ1) is 9.56. The van der Waals surface area contributed by atoms with Crippen molar-refractivity contribution in [1.82, 2.24) is 5.32 Å². The number of hydrogen-bond donors (Lipinski definition) is 3. The van der Waals surface area contributed by atoms with Crippen LogP contribution in [0.1, 0.15) is 21.5 Å². The van der Waals surface area contributed by atoms with Gasteiger partial charge in [0.05, 0.1) is 5.56 Å². The third-order valence-electron chi connectivity index (χ3n) is 2.86. The van der Waals surface area contributed by atoms with E-state index in [9.17, 15) is 9.90 Å². The van der Waals surface area contributed by atoms with Crippen LogP contribution in [-0.4, -0.2) is 16.2 Å². The highest BCUT2D eigenvalue weighted by Gasteiger charge is 2.04. The minimum atomic E-state index is -0.945. The molecule has 0 amide bonds. The van der Waals surface area contributed by atoms with Crippen LogP contribution in [0, 0.1) is 0 Å². The first kappa shape index (κ1) is 14.4. The second-order valence-electron chi connectivity index (χ2n) is 4.38. The number of carbonyl (C=O) groups is 1. The molecule has 0 spiro atoms. The Kier molecular flexibility index (Phi) is 4.61. The highest BCUT2D eigenvalue weighted by atomic mass is 35.5. The summed E-state index contributed by atoms with van der Waals surface area (Å²) in [7, 11) is 0. The molecule has 0 atom stereocenters. The van der Waals surface area contributed by atoms with E-state index in [-0.39, 0.29) is 11.3 Å². The maximum absolute atomic E-state index is 10.9. The number of phenols is 1. The van der Waals surface area contributed by atoms with Gasteiger partial charge in [-0.05, 0) is 35.9 Å². The molecular formula is C15H14ClNO3. The minimum absolute atomic E-state index is 0.182. The molecule has 0 aromatic heterocycles. The van der Waals surface area contributed by atoms with E-state index in [1.807, 2.05) is 6.07 Å². The number of aromatic carboxylic acids is 1. The van der Waals surface area contributed by atoms with Crippen molar-refractivity contribution in [1.29, 1.82) is 0 Å². The Labute approximate surface area is 121 Å². The number of carboxylic acids is 1. The molecule has 0 saturated carbocycles. The largest absolute Gasteiger partial charge is 0.508 e. The summed E-state index contributed by atoms with van der Waals surface area (Å²) in [6, 6.07) is 11.6. The van der Waals surface area contributed by atoms with Crippen molar-refractivity contribution in [2.75, 3.05) is 0 Å². The van der Waals surface area contributed by atoms with Crippen molar-refractivity contribution in [3.63, 3.8) is 0 Å². The van der Waals surface area contributed by atoms with Gasteiger partial charge in [-0.25, -0.2) is 4.79 Å². The Balaban J connectivity index is 1.97. The van der Waals surface area contributed by atoms with Gasteiger partial charge in [0.25, 0.3) is 0 Å². The van der Waals surface area contributed by atoms with Gasteiger partial charge in [0.1, 0.15) is 5.75 Å². The number of benzene rings is 2. The van der Waals surface area contributed by atoms with Crippen molar-refractivity contribution < 1.29 is 15.0 Å². The normalized spacial score (nSPS) is 10.4. The lowest BCUT2D eigenvalue weighted by atomic mass is 10.1. The lowest BCUT2D eigenvalue weighted by Gasteiger charge is -2.08. The number of nitrogens with one attached hydrogen (secondary N) is 1. The van der Waals surface area contributed by atoms with Crippen molar-refractivity contribution in [2.24, 2.45) is 0 Å². The molecule has 0 fully saturated rings. The Bertz CT molecular complexity index is 628. The summed E-state index contributed by atoms with van der Waals surface area (Å²) in [5.41, 5.74) is 1.83. The molecule has 20 heavy (non-hydrogen) atoms. The van der Waals surface area contributed by atoms with E-state index in [4.69, 9.17) is 16.7 Å². The van der Waals surface area contributed by atoms with E-state index in [0.717, 1.165) is 5.56 Å². The molecule has 2 rings (SSSR count). The summed E-state index contributed by atoms with van der Waals surface area (Å²) < 4.78 is 0. The summed E-state index contributed by atoms with van der Waals surface area (Å²) in [6.07, 6.45) is 0. The molecule has 3 N–H and O–H groups in total. The fraction of sp³-hybridized carbons (Fsp3) is 0.133. The van der Waals surface area contributed by atoms with Crippen LogP contribution in [0.25, 0.3) is 0 Å². The Morgan fingerprint density at radius 3 is 2.70 bits per heavy atom. The zero-order valence-corrected chi connectivity index (χ0v) is 11.4. The third-order valence-corrected chi connectivity index (χ3v) is 3.10. The maximum atomic E-state index is 10.9. The molecule has 0 radical (unpaired) electrons. The third kappa shape index (κ3) is 3.73. The van der Waals surface area contributed by atoms with Gasteiger partial charge in [0.2, 0.25) is 0 Å². The quantitative estimate of drug-likeness (QED) is 0.792. The zero-order chi connectivity index (χ0) is 14.5. The molecule has 0 bridgehead atoms. The molecule has 104 valence electrons. The smallest absolute Gasteiger partial charge is 0.335 e. The van der Waals surface area contributed by atoms with E-state index in [2.05, 4.69) is 5.32 Å². The molecule has 0 heterocycles. The van der Waals surface area contributed by atoms with Gasteiger partial charge in [0.15, 0.2) is 0 Å². The van der Waals surface area contributed by atoms with Crippen LogP contribution in [0.2, 0.25) is 5.02 Å². The fourth-order valence-corrected chi connectivity index (χ4v) is 2.05. The number of aromatic hydroxyl groups is 1. The summed E-state index contributed by atoms with van der Waals surface area (Å²) >= 11 is 5.86. The van der Waals surface area contributed by atoms with E-state index in [0.29, 0.717) is 23.7 Å². The number of carboxylic acid groups (broad SMARTS) is 1. The molecule has 2 aromatic rings. The molecule has 0 aliphatic carbocycles. The maximum Gasteiger partial charge on any atom is 0.335 e. The van der Waals surface area contributed by atoms with Gasteiger partial charge in [-0.1, -0.05) is 23.7 Å². The van der Waals surface area contributed by atoms with Gasteiger partial charge < -0.3 is 15.5 Å². The Morgan fingerprint density at radius 1 is 1.15 bits per heavy atom. The van der Waals surface area contributed by atoms with Crippen molar-refractivity contribution in [3.05, 3.63) is 64.2 Å². The average Bonchev–Trinajstić information content (AvgIpc) is 2.43. The summed E-state index contributed by atoms with van der Waals surface area (Å²) in [5, 5.41) is 22.3. The SMILES string of the molecule is O=C(O)c1cccc(CNCc2cc(Cl)ccc2O)c1. The van der Waals surface area contributed by atoms with Gasteiger partial charge in [0, 0.05) is 23.7 Å². The van der Waals surface area contributed by atoms with Crippen LogP contribution in [0.5, 0.6) is 5.75 Å². The number of phenolic OH excluding ortho intramolecular Hbond substituents is 1. The number of halogens is 1. The molecule has 5 heteroatoms. The second-order valence-corrected chi connectivity index (χ2v) is 4.82. The van der Waals surface area contributed by atoms with Gasteiger partial charge >= 0.3 is 5.97 Å². The van der Waals surface area contributed by atoms with Crippen molar-refractivity contribution in [3.8, 4) is 5.75 Å². The molecule has 0 saturated heterocycles. The summed E-state index contributed by atoms with van der Waals surface area (Å²) in [4.78, 5) is 10.9. The van der Waals surface area contributed by atoms with Crippen molar-refractivity contribution in [2.45, 2.75) is 13.1 Å². The predicted molar refractivity (Wildman–Crippen MR) is 77.1 cm³/mol. The minimum Gasteiger partial charge on any atom is -0.508 e. The zero-order valence-electron chi connectivity index (χ0n) is 10.6. The predicted octanol–water partition coefficient (Wildman–Crippen LogP) is 3.03.